The van der Waals surface area contributed by atoms with Crippen LogP contribution >= 0.6 is 15.9 Å². The normalized spacial score (nSPS) is 19.4. The molecule has 1 heterocycles. The zero-order valence-corrected chi connectivity index (χ0v) is 12.2. The maximum absolute atomic E-state index is 12.3. The first-order chi connectivity index (χ1) is 8.01. The van der Waals surface area contributed by atoms with Crippen LogP contribution in [-0.4, -0.2) is 41.5 Å². The predicted octanol–water partition coefficient (Wildman–Crippen LogP) is 1.20. The minimum absolute atomic E-state index is 0.271. The quantitative estimate of drug-likeness (QED) is 0.814. The van der Waals surface area contributed by atoms with Crippen molar-refractivity contribution in [3.05, 3.63) is 28.7 Å². The summed E-state index contributed by atoms with van der Waals surface area (Å²) in [6.45, 7) is 0.659. The van der Waals surface area contributed by atoms with E-state index in [0.717, 1.165) is 0 Å². The Morgan fingerprint density at radius 2 is 1.76 bits per heavy atom. The molecule has 0 N–H and O–H groups in total. The van der Waals surface area contributed by atoms with E-state index in [1.807, 2.05) is 0 Å². The summed E-state index contributed by atoms with van der Waals surface area (Å²) in [5, 5.41) is 0. The molecule has 0 unspecified atom stereocenters. The van der Waals surface area contributed by atoms with Gasteiger partial charge in [-0.3, -0.25) is 4.21 Å². The molecule has 0 spiro atoms. The molecule has 2 rings (SSSR count). The molecule has 0 aliphatic carbocycles. The van der Waals surface area contributed by atoms with Crippen molar-refractivity contribution < 1.29 is 12.6 Å². The van der Waals surface area contributed by atoms with Crippen LogP contribution < -0.4 is 0 Å². The first-order valence-corrected chi connectivity index (χ1v) is 8.83. The first kappa shape index (κ1) is 13.2. The Labute approximate surface area is 112 Å². The van der Waals surface area contributed by atoms with E-state index in [2.05, 4.69) is 15.9 Å². The molecule has 1 fully saturated rings. The zero-order valence-electron chi connectivity index (χ0n) is 9.00. The molecule has 0 aromatic heterocycles. The van der Waals surface area contributed by atoms with Gasteiger partial charge in [-0.2, -0.15) is 4.31 Å². The standard InChI is InChI=1S/C10H12BrNO3S2/c11-9-3-1-2-4-10(9)17(14,15)12-5-7-16(13)8-6-12/h1-4H,5-8H2. The van der Waals surface area contributed by atoms with Gasteiger partial charge >= 0.3 is 0 Å². The number of benzene rings is 1. The second-order valence-corrected chi connectivity index (χ2v) is 8.14. The van der Waals surface area contributed by atoms with Crippen LogP contribution in [-0.2, 0) is 20.8 Å². The van der Waals surface area contributed by atoms with Crippen LogP contribution in [0.25, 0.3) is 0 Å². The van der Waals surface area contributed by atoms with Crippen molar-refractivity contribution in [2.24, 2.45) is 0 Å². The minimum atomic E-state index is -3.46. The molecule has 1 aromatic rings. The summed E-state index contributed by atoms with van der Waals surface area (Å²) in [6, 6.07) is 6.74. The number of hydrogen-bond donors (Lipinski definition) is 0. The molecule has 1 saturated heterocycles. The van der Waals surface area contributed by atoms with Gasteiger partial charge in [0.05, 0.1) is 4.90 Å². The third-order valence-electron chi connectivity index (χ3n) is 2.59. The lowest BCUT2D eigenvalue weighted by Gasteiger charge is -2.25. The average Bonchev–Trinajstić information content (AvgIpc) is 2.30. The highest BCUT2D eigenvalue weighted by Crippen LogP contribution is 2.25. The molecular formula is C10H12BrNO3S2. The molecule has 1 aliphatic heterocycles. The Balaban J connectivity index is 2.31. The van der Waals surface area contributed by atoms with Crippen LogP contribution in [0.3, 0.4) is 0 Å². The summed E-state index contributed by atoms with van der Waals surface area (Å²) in [5.41, 5.74) is 0. The van der Waals surface area contributed by atoms with Crippen LogP contribution in [0.15, 0.2) is 33.6 Å². The number of hydrogen-bond acceptors (Lipinski definition) is 3. The highest BCUT2D eigenvalue weighted by atomic mass is 79.9. The zero-order chi connectivity index (χ0) is 12.5. The van der Waals surface area contributed by atoms with Crippen LogP contribution in [0.4, 0.5) is 0 Å². The summed E-state index contributed by atoms with van der Waals surface area (Å²) in [7, 11) is -4.34. The Bertz CT molecular complexity index is 534. The van der Waals surface area contributed by atoms with Crippen LogP contribution in [0.5, 0.6) is 0 Å². The van der Waals surface area contributed by atoms with E-state index in [1.165, 1.54) is 4.31 Å². The third kappa shape index (κ3) is 2.78. The fourth-order valence-electron chi connectivity index (χ4n) is 1.65. The van der Waals surface area contributed by atoms with E-state index >= 15 is 0 Å². The Morgan fingerprint density at radius 3 is 2.35 bits per heavy atom. The monoisotopic (exact) mass is 337 g/mol. The van der Waals surface area contributed by atoms with Gasteiger partial charge in [0, 0.05) is 39.9 Å². The van der Waals surface area contributed by atoms with E-state index in [4.69, 9.17) is 0 Å². The molecule has 0 radical (unpaired) electrons. The number of nitrogens with zero attached hydrogens (tertiary/aromatic N) is 1. The van der Waals surface area contributed by atoms with Crippen molar-refractivity contribution in [3.8, 4) is 0 Å². The fourth-order valence-corrected chi connectivity index (χ4v) is 5.34. The van der Waals surface area contributed by atoms with Crippen molar-refractivity contribution in [2.45, 2.75) is 4.90 Å². The predicted molar refractivity (Wildman–Crippen MR) is 70.8 cm³/mol. The van der Waals surface area contributed by atoms with Gasteiger partial charge in [-0.05, 0) is 28.1 Å². The third-order valence-corrected chi connectivity index (χ3v) is 6.78. The Kier molecular flexibility index (Phi) is 4.02. The molecule has 17 heavy (non-hydrogen) atoms. The summed E-state index contributed by atoms with van der Waals surface area (Å²) in [6.07, 6.45) is 0. The van der Waals surface area contributed by atoms with Gasteiger partial charge in [0.15, 0.2) is 0 Å². The van der Waals surface area contributed by atoms with E-state index in [0.29, 0.717) is 29.1 Å². The van der Waals surface area contributed by atoms with Crippen LogP contribution in [0.2, 0.25) is 0 Å². The summed E-state index contributed by atoms with van der Waals surface area (Å²) in [5.74, 6) is 0.841. The summed E-state index contributed by atoms with van der Waals surface area (Å²) in [4.78, 5) is 0.271. The van der Waals surface area contributed by atoms with Gasteiger partial charge in [-0.1, -0.05) is 12.1 Å². The molecule has 7 heteroatoms. The lowest BCUT2D eigenvalue weighted by molar-refractivity contribution is 0.438. The number of sulfonamides is 1. The highest BCUT2D eigenvalue weighted by Gasteiger charge is 2.29. The molecule has 0 saturated carbocycles. The number of halogens is 1. The topological polar surface area (TPSA) is 54.5 Å². The summed E-state index contributed by atoms with van der Waals surface area (Å²) >= 11 is 3.24. The molecule has 0 bridgehead atoms. The lowest BCUT2D eigenvalue weighted by Crippen LogP contribution is -2.41. The fraction of sp³-hybridized carbons (Fsp3) is 0.400. The van der Waals surface area contributed by atoms with Gasteiger partial charge in [0.25, 0.3) is 0 Å². The van der Waals surface area contributed by atoms with E-state index in [1.54, 1.807) is 24.3 Å². The van der Waals surface area contributed by atoms with Crippen molar-refractivity contribution in [1.29, 1.82) is 0 Å². The van der Waals surface area contributed by atoms with Crippen LogP contribution in [0.1, 0.15) is 0 Å². The van der Waals surface area contributed by atoms with E-state index in [-0.39, 0.29) is 4.90 Å². The van der Waals surface area contributed by atoms with Gasteiger partial charge in [0.2, 0.25) is 10.0 Å². The smallest absolute Gasteiger partial charge is 0.244 e. The Hall–Kier alpha value is -0.240. The van der Waals surface area contributed by atoms with Crippen molar-refractivity contribution >= 4 is 36.8 Å². The second-order valence-electron chi connectivity index (χ2n) is 3.68. The molecule has 1 aliphatic rings. The maximum atomic E-state index is 12.3. The molecular weight excluding hydrogens is 326 g/mol. The van der Waals surface area contributed by atoms with Gasteiger partial charge in [-0.15, -0.1) is 0 Å². The van der Waals surface area contributed by atoms with E-state index in [9.17, 15) is 12.6 Å². The molecule has 94 valence electrons. The van der Waals surface area contributed by atoms with Gasteiger partial charge < -0.3 is 0 Å². The lowest BCUT2D eigenvalue weighted by atomic mass is 10.4. The first-order valence-electron chi connectivity index (χ1n) is 5.11. The van der Waals surface area contributed by atoms with Crippen LogP contribution in [0, 0.1) is 0 Å². The second kappa shape index (κ2) is 5.17. The molecule has 0 amide bonds. The molecule has 1 aromatic carbocycles. The largest absolute Gasteiger partial charge is 0.259 e. The highest BCUT2D eigenvalue weighted by molar-refractivity contribution is 9.10. The Morgan fingerprint density at radius 1 is 1.18 bits per heavy atom. The van der Waals surface area contributed by atoms with Gasteiger partial charge in [-0.25, -0.2) is 8.42 Å². The summed E-state index contributed by atoms with van der Waals surface area (Å²) < 4.78 is 37.8. The SMILES string of the molecule is O=S1CCN(S(=O)(=O)c2ccccc2Br)CC1. The molecule has 0 atom stereocenters. The maximum Gasteiger partial charge on any atom is 0.244 e. The number of rotatable bonds is 2. The average molecular weight is 338 g/mol. The van der Waals surface area contributed by atoms with Crippen molar-refractivity contribution in [2.75, 3.05) is 24.6 Å². The molecule has 4 nitrogen and oxygen atoms in total. The van der Waals surface area contributed by atoms with Crippen molar-refractivity contribution in [1.82, 2.24) is 4.31 Å². The van der Waals surface area contributed by atoms with E-state index < -0.39 is 20.8 Å². The van der Waals surface area contributed by atoms with Crippen molar-refractivity contribution in [3.63, 3.8) is 0 Å². The minimum Gasteiger partial charge on any atom is -0.259 e. The van der Waals surface area contributed by atoms with Gasteiger partial charge in [0.1, 0.15) is 0 Å².